The lowest BCUT2D eigenvalue weighted by atomic mass is 9.96. The summed E-state index contributed by atoms with van der Waals surface area (Å²) in [6, 6.07) is 24.6. The molecular formula is C43H54N6O6. The number of carbonyl (C=O) groups is 4. The van der Waals surface area contributed by atoms with Gasteiger partial charge in [0.1, 0.15) is 23.5 Å². The van der Waals surface area contributed by atoms with Crippen molar-refractivity contribution in [1.29, 1.82) is 0 Å². The lowest BCUT2D eigenvalue weighted by Crippen LogP contribution is -2.58. The number of amides is 4. The molecule has 1 aromatic heterocycles. The number of pyridine rings is 1. The third-order valence-corrected chi connectivity index (χ3v) is 10.1. The van der Waals surface area contributed by atoms with Crippen LogP contribution in [0.25, 0.3) is 10.9 Å². The highest BCUT2D eigenvalue weighted by Gasteiger charge is 2.32. The number of nitrogens with one attached hydrogen (secondary N) is 5. The second-order valence-corrected chi connectivity index (χ2v) is 14.6. The summed E-state index contributed by atoms with van der Waals surface area (Å²) in [4.78, 5) is 59.0. The Balaban J connectivity index is 1.34. The van der Waals surface area contributed by atoms with E-state index in [4.69, 9.17) is 4.74 Å². The smallest absolute Gasteiger partial charge is 0.270 e. The Morgan fingerprint density at radius 3 is 2.36 bits per heavy atom. The average Bonchev–Trinajstić information content (AvgIpc) is 3.20. The van der Waals surface area contributed by atoms with Gasteiger partial charge in [0.15, 0.2) is 0 Å². The zero-order valence-corrected chi connectivity index (χ0v) is 32.1. The highest BCUT2D eigenvalue weighted by molar-refractivity contribution is 5.98. The van der Waals surface area contributed by atoms with E-state index in [1.807, 2.05) is 113 Å². The molecule has 2 aliphatic heterocycles. The van der Waals surface area contributed by atoms with Crippen molar-refractivity contribution in [2.75, 3.05) is 19.7 Å². The van der Waals surface area contributed by atoms with Crippen LogP contribution in [0.1, 0.15) is 62.2 Å². The van der Waals surface area contributed by atoms with Crippen LogP contribution < -0.4 is 31.3 Å². The molecule has 0 radical (unpaired) electrons. The summed E-state index contributed by atoms with van der Waals surface area (Å²) in [5.41, 5.74) is 2.60. The molecule has 6 N–H and O–H groups in total. The lowest BCUT2D eigenvalue weighted by Gasteiger charge is -2.30. The second kappa shape index (κ2) is 19.8. The topological polar surface area (TPSA) is 171 Å². The largest absolute Gasteiger partial charge is 0.494 e. The Labute approximate surface area is 323 Å². The number of carbonyl (C=O) groups excluding carboxylic acids is 4. The number of aromatic nitrogens is 1. The van der Waals surface area contributed by atoms with Crippen molar-refractivity contribution in [3.8, 4) is 5.75 Å². The molecule has 12 nitrogen and oxygen atoms in total. The maximum Gasteiger partial charge on any atom is 0.270 e. The van der Waals surface area contributed by atoms with Gasteiger partial charge in [-0.3, -0.25) is 19.2 Å². The molecule has 2 aliphatic rings. The molecule has 292 valence electrons. The summed E-state index contributed by atoms with van der Waals surface area (Å²) in [6.45, 7) is 8.35. The Bertz CT molecular complexity index is 1890. The van der Waals surface area contributed by atoms with Gasteiger partial charge in [-0.15, -0.1) is 0 Å². The van der Waals surface area contributed by atoms with Crippen LogP contribution in [0.4, 0.5) is 0 Å². The quantitative estimate of drug-likeness (QED) is 0.120. The van der Waals surface area contributed by atoms with E-state index < -0.39 is 42.1 Å². The zero-order valence-electron chi connectivity index (χ0n) is 32.1. The van der Waals surface area contributed by atoms with E-state index in [2.05, 4.69) is 31.6 Å². The van der Waals surface area contributed by atoms with Crippen molar-refractivity contribution in [2.24, 2.45) is 11.8 Å². The standard InChI is InChI=1S/C43H54N6O6/c1-5-28(4)39-42(53)44-22-11-23-55-32-19-16-30(17-20-32)25-36(41(52)49-39)45-26-37(50)35(24-29-12-7-6-8-13-29)47-43(54)38(27(2)3)48-40(51)34-21-18-31-14-9-10-15-33(31)46-34/h6-10,12-21,27-28,35-39,45,50H,5,11,22-26H2,1-4H3,(H,44,53)(H,47,54)(H,48,51)(H,49,52)/t28?,35-,36-,37+,38-,39-/m0/s1. The van der Waals surface area contributed by atoms with E-state index in [0.717, 1.165) is 16.5 Å². The van der Waals surface area contributed by atoms with Gasteiger partial charge in [-0.05, 0) is 66.5 Å². The van der Waals surface area contributed by atoms with E-state index in [1.54, 1.807) is 6.07 Å². The van der Waals surface area contributed by atoms with E-state index in [0.29, 0.717) is 37.3 Å². The number of benzene rings is 3. The fourth-order valence-electron chi connectivity index (χ4n) is 6.53. The molecule has 0 saturated heterocycles. The van der Waals surface area contributed by atoms with Gasteiger partial charge < -0.3 is 36.4 Å². The van der Waals surface area contributed by atoms with Crippen LogP contribution in [-0.2, 0) is 27.2 Å². The molecule has 2 bridgehead atoms. The summed E-state index contributed by atoms with van der Waals surface area (Å²) in [6.07, 6.45) is 0.701. The minimum absolute atomic E-state index is 0.0586. The first-order chi connectivity index (χ1) is 26.5. The first-order valence-corrected chi connectivity index (χ1v) is 19.2. The molecule has 4 aromatic rings. The van der Waals surface area contributed by atoms with Gasteiger partial charge in [-0.25, -0.2) is 4.98 Å². The first-order valence-electron chi connectivity index (χ1n) is 19.2. The Hall–Kier alpha value is -5.33. The van der Waals surface area contributed by atoms with Crippen LogP contribution in [0.2, 0.25) is 0 Å². The number of para-hydroxylation sites is 1. The molecular weight excluding hydrogens is 697 g/mol. The number of aliphatic hydroxyl groups is 1. The average molecular weight is 751 g/mol. The van der Waals surface area contributed by atoms with E-state index >= 15 is 0 Å². The summed E-state index contributed by atoms with van der Waals surface area (Å²) in [5, 5.41) is 27.7. The van der Waals surface area contributed by atoms with Crippen LogP contribution in [-0.4, -0.2) is 83.7 Å². The molecule has 6 atom stereocenters. The van der Waals surface area contributed by atoms with Gasteiger partial charge in [0, 0.05) is 18.5 Å². The predicted molar refractivity (Wildman–Crippen MR) is 212 cm³/mol. The maximum absolute atomic E-state index is 14.0. The van der Waals surface area contributed by atoms with E-state index in [-0.39, 0.29) is 48.7 Å². The summed E-state index contributed by atoms with van der Waals surface area (Å²) in [7, 11) is 0. The number of hydrogen-bond donors (Lipinski definition) is 6. The van der Waals surface area contributed by atoms with Gasteiger partial charge in [0.2, 0.25) is 17.7 Å². The number of hydrogen-bond acceptors (Lipinski definition) is 8. The Morgan fingerprint density at radius 2 is 1.64 bits per heavy atom. The highest BCUT2D eigenvalue weighted by Crippen LogP contribution is 2.17. The number of fused-ring (bicyclic) bond motifs is 13. The van der Waals surface area contributed by atoms with E-state index in [9.17, 15) is 24.3 Å². The van der Waals surface area contributed by atoms with Crippen LogP contribution in [0.15, 0.2) is 91.0 Å². The predicted octanol–water partition coefficient (Wildman–Crippen LogP) is 3.71. The number of ether oxygens (including phenoxy) is 1. The van der Waals surface area contributed by atoms with Gasteiger partial charge in [-0.2, -0.15) is 0 Å². The molecule has 3 aromatic carbocycles. The Kier molecular flexibility index (Phi) is 14.7. The number of rotatable bonds is 13. The summed E-state index contributed by atoms with van der Waals surface area (Å²) in [5.74, 6) is -1.31. The van der Waals surface area contributed by atoms with Gasteiger partial charge in [0.25, 0.3) is 5.91 Å². The molecule has 0 fully saturated rings. The number of nitrogens with zero attached hydrogens (tertiary/aromatic N) is 1. The zero-order chi connectivity index (χ0) is 39.3. The maximum atomic E-state index is 14.0. The molecule has 6 rings (SSSR count). The second-order valence-electron chi connectivity index (χ2n) is 14.6. The molecule has 55 heavy (non-hydrogen) atoms. The first kappa shape index (κ1) is 40.8. The van der Waals surface area contributed by atoms with Crippen molar-refractivity contribution in [1.82, 2.24) is 31.6 Å². The summed E-state index contributed by atoms with van der Waals surface area (Å²) < 4.78 is 5.85. The van der Waals surface area contributed by atoms with E-state index in [1.165, 1.54) is 0 Å². The van der Waals surface area contributed by atoms with Crippen LogP contribution >= 0.6 is 0 Å². The number of aliphatic hydroxyl groups excluding tert-OH is 1. The lowest BCUT2D eigenvalue weighted by molar-refractivity contribution is -0.131. The molecule has 0 saturated carbocycles. The highest BCUT2D eigenvalue weighted by atomic mass is 16.5. The fraction of sp³-hybridized carbons (Fsp3) is 0.419. The molecule has 12 heteroatoms. The third kappa shape index (κ3) is 11.6. The summed E-state index contributed by atoms with van der Waals surface area (Å²) >= 11 is 0. The third-order valence-electron chi connectivity index (χ3n) is 10.1. The van der Waals surface area contributed by atoms with Crippen molar-refractivity contribution >= 4 is 34.5 Å². The molecule has 1 unspecified atom stereocenters. The van der Waals surface area contributed by atoms with Crippen molar-refractivity contribution in [2.45, 2.75) is 83.6 Å². The Morgan fingerprint density at radius 1 is 0.909 bits per heavy atom. The minimum Gasteiger partial charge on any atom is -0.494 e. The van der Waals surface area contributed by atoms with Gasteiger partial charge in [-0.1, -0.05) is 101 Å². The van der Waals surface area contributed by atoms with Gasteiger partial charge >= 0.3 is 0 Å². The van der Waals surface area contributed by atoms with Crippen LogP contribution in [0, 0.1) is 11.8 Å². The van der Waals surface area contributed by atoms with Crippen molar-refractivity contribution in [3.05, 3.63) is 108 Å². The molecule has 4 amide bonds. The van der Waals surface area contributed by atoms with Crippen molar-refractivity contribution < 1.29 is 29.0 Å². The van der Waals surface area contributed by atoms with Gasteiger partial charge in [0.05, 0.1) is 30.3 Å². The minimum atomic E-state index is -1.15. The monoisotopic (exact) mass is 750 g/mol. The SMILES string of the molecule is CCC(C)[C@@H]1NC(=O)[C@@H](NC[C@@H](O)[C@H](Cc2ccccc2)NC(=O)[C@@H](NC(=O)c2ccc3ccccc3n2)C(C)C)Cc2ccc(cc2)OCCCNC1=O. The molecule has 0 aliphatic carbocycles. The normalized spacial score (nSPS) is 18.8. The van der Waals surface area contributed by atoms with Crippen LogP contribution in [0.5, 0.6) is 5.75 Å². The van der Waals surface area contributed by atoms with Crippen molar-refractivity contribution in [3.63, 3.8) is 0 Å². The molecule has 3 heterocycles. The van der Waals surface area contributed by atoms with Crippen LogP contribution in [0.3, 0.4) is 0 Å². The fourth-order valence-corrected chi connectivity index (χ4v) is 6.53. The molecule has 0 spiro atoms.